The largest absolute Gasteiger partial charge is 0.478 e. The van der Waals surface area contributed by atoms with Crippen LogP contribution in [0.4, 0.5) is 0 Å². The van der Waals surface area contributed by atoms with Gasteiger partial charge >= 0.3 is 5.97 Å². The van der Waals surface area contributed by atoms with Gasteiger partial charge in [-0.05, 0) is 66.8 Å². The highest BCUT2D eigenvalue weighted by molar-refractivity contribution is 5.97. The van der Waals surface area contributed by atoms with E-state index in [0.29, 0.717) is 24.0 Å². The van der Waals surface area contributed by atoms with Crippen molar-refractivity contribution in [3.8, 4) is 0 Å². The standard InChI is InChI=1S/C30H30O4/c31-27-14-6-12-24(11-4-9-21-10-5-13-26(19-21)30(33)34)29(27)25-17-15-23(16-18-25)28(32)20-22-7-2-1-3-8-22/h1-3,5,7-8,10,13,15-19,24,29H,4,6,9,11-12,14,20H2,(H,33,34). The number of carboxylic acids is 1. The summed E-state index contributed by atoms with van der Waals surface area (Å²) in [5, 5.41) is 9.20. The van der Waals surface area contributed by atoms with Crippen molar-refractivity contribution in [3.63, 3.8) is 0 Å². The average molecular weight is 455 g/mol. The third-order valence-electron chi connectivity index (χ3n) is 6.83. The van der Waals surface area contributed by atoms with Crippen LogP contribution >= 0.6 is 0 Å². The molecule has 1 N–H and O–H groups in total. The number of ketones is 2. The molecule has 174 valence electrons. The molecule has 2 atom stereocenters. The molecule has 0 radical (unpaired) electrons. The number of aromatic carboxylic acids is 1. The van der Waals surface area contributed by atoms with Gasteiger partial charge in [-0.2, -0.15) is 0 Å². The summed E-state index contributed by atoms with van der Waals surface area (Å²) in [5.41, 5.74) is 3.99. The number of carboxylic acid groups (broad SMARTS) is 1. The highest BCUT2D eigenvalue weighted by Gasteiger charge is 2.32. The second-order valence-electron chi connectivity index (χ2n) is 9.20. The van der Waals surface area contributed by atoms with E-state index in [2.05, 4.69) is 0 Å². The fourth-order valence-corrected chi connectivity index (χ4v) is 5.08. The van der Waals surface area contributed by atoms with Crippen LogP contribution in [0, 0.1) is 5.92 Å². The molecular weight excluding hydrogens is 424 g/mol. The Hall–Kier alpha value is -3.53. The van der Waals surface area contributed by atoms with Gasteiger partial charge in [-0.1, -0.05) is 66.7 Å². The molecule has 0 bridgehead atoms. The lowest BCUT2D eigenvalue weighted by atomic mass is 9.72. The van der Waals surface area contributed by atoms with Crippen molar-refractivity contribution in [2.24, 2.45) is 5.92 Å². The topological polar surface area (TPSA) is 71.4 Å². The van der Waals surface area contributed by atoms with Gasteiger partial charge in [-0.25, -0.2) is 4.79 Å². The normalized spacial score (nSPS) is 17.9. The minimum Gasteiger partial charge on any atom is -0.478 e. The SMILES string of the molecule is O=C(O)c1cccc(CCCC2CCCC(=O)C2c2ccc(C(=O)Cc3ccccc3)cc2)c1. The third kappa shape index (κ3) is 5.88. The van der Waals surface area contributed by atoms with Crippen LogP contribution < -0.4 is 0 Å². The number of Topliss-reactive ketones (excluding diaryl/α,β-unsaturated/α-hetero) is 2. The fourth-order valence-electron chi connectivity index (χ4n) is 5.08. The predicted molar refractivity (Wildman–Crippen MR) is 132 cm³/mol. The summed E-state index contributed by atoms with van der Waals surface area (Å²) in [4.78, 5) is 36.8. The van der Waals surface area contributed by atoms with Crippen molar-refractivity contribution in [3.05, 3.63) is 107 Å². The van der Waals surface area contributed by atoms with Crippen LogP contribution in [0.3, 0.4) is 0 Å². The summed E-state index contributed by atoms with van der Waals surface area (Å²) in [6, 6.07) is 24.4. The molecule has 1 saturated carbocycles. The highest BCUT2D eigenvalue weighted by atomic mass is 16.4. The first-order chi connectivity index (χ1) is 16.5. The molecule has 1 fully saturated rings. The second-order valence-corrected chi connectivity index (χ2v) is 9.20. The first-order valence-electron chi connectivity index (χ1n) is 12.0. The molecule has 1 aliphatic carbocycles. The van der Waals surface area contributed by atoms with Crippen LogP contribution in [0.2, 0.25) is 0 Å². The third-order valence-corrected chi connectivity index (χ3v) is 6.83. The number of hydrogen-bond acceptors (Lipinski definition) is 3. The molecule has 1 aliphatic rings. The van der Waals surface area contributed by atoms with Crippen LogP contribution in [0.15, 0.2) is 78.9 Å². The molecule has 3 aromatic rings. The summed E-state index contributed by atoms with van der Waals surface area (Å²) in [7, 11) is 0. The first kappa shape index (κ1) is 23.6. The monoisotopic (exact) mass is 454 g/mol. The van der Waals surface area contributed by atoms with E-state index in [9.17, 15) is 19.5 Å². The molecule has 0 amide bonds. The quantitative estimate of drug-likeness (QED) is 0.386. The zero-order chi connectivity index (χ0) is 23.9. The van der Waals surface area contributed by atoms with Gasteiger partial charge in [0, 0.05) is 24.3 Å². The summed E-state index contributed by atoms with van der Waals surface area (Å²) in [6.07, 6.45) is 5.53. The molecule has 0 aliphatic heterocycles. The van der Waals surface area contributed by atoms with Crippen molar-refractivity contribution in [1.29, 1.82) is 0 Å². The summed E-state index contributed by atoms with van der Waals surface area (Å²) < 4.78 is 0. The maximum absolute atomic E-state index is 12.9. The van der Waals surface area contributed by atoms with E-state index in [0.717, 1.165) is 48.8 Å². The molecule has 4 heteroatoms. The van der Waals surface area contributed by atoms with E-state index >= 15 is 0 Å². The Kier molecular flexibility index (Phi) is 7.69. The number of carbonyl (C=O) groups is 3. The summed E-state index contributed by atoms with van der Waals surface area (Å²) in [6.45, 7) is 0. The zero-order valence-electron chi connectivity index (χ0n) is 19.3. The zero-order valence-corrected chi connectivity index (χ0v) is 19.3. The first-order valence-corrected chi connectivity index (χ1v) is 12.0. The van der Waals surface area contributed by atoms with Crippen LogP contribution in [-0.2, 0) is 17.6 Å². The molecule has 0 spiro atoms. The maximum Gasteiger partial charge on any atom is 0.335 e. The molecule has 0 heterocycles. The van der Waals surface area contributed by atoms with E-state index in [1.807, 2.05) is 60.7 Å². The van der Waals surface area contributed by atoms with Gasteiger partial charge in [0.25, 0.3) is 0 Å². The molecule has 34 heavy (non-hydrogen) atoms. The van der Waals surface area contributed by atoms with Crippen LogP contribution in [-0.4, -0.2) is 22.6 Å². The number of rotatable bonds is 9. The minimum atomic E-state index is -0.912. The van der Waals surface area contributed by atoms with Crippen molar-refractivity contribution < 1.29 is 19.5 Å². The summed E-state index contributed by atoms with van der Waals surface area (Å²) >= 11 is 0. The minimum absolute atomic E-state index is 0.0767. The summed E-state index contributed by atoms with van der Waals surface area (Å²) in [5.74, 6) is -0.405. The molecule has 0 aromatic heterocycles. The van der Waals surface area contributed by atoms with Crippen LogP contribution in [0.25, 0.3) is 0 Å². The molecule has 4 nitrogen and oxygen atoms in total. The molecular formula is C30H30O4. The van der Waals surface area contributed by atoms with Crippen molar-refractivity contribution in [2.75, 3.05) is 0 Å². The second kappa shape index (κ2) is 11.1. The smallest absolute Gasteiger partial charge is 0.335 e. The lowest BCUT2D eigenvalue weighted by Crippen LogP contribution is -2.26. The van der Waals surface area contributed by atoms with E-state index < -0.39 is 5.97 Å². The predicted octanol–water partition coefficient (Wildman–Crippen LogP) is 6.29. The lowest BCUT2D eigenvalue weighted by molar-refractivity contribution is -0.123. The van der Waals surface area contributed by atoms with Crippen molar-refractivity contribution >= 4 is 17.5 Å². The van der Waals surface area contributed by atoms with Gasteiger partial charge in [0.15, 0.2) is 5.78 Å². The van der Waals surface area contributed by atoms with Gasteiger partial charge in [-0.15, -0.1) is 0 Å². The van der Waals surface area contributed by atoms with E-state index in [1.54, 1.807) is 18.2 Å². The molecule has 4 rings (SSSR count). The van der Waals surface area contributed by atoms with Gasteiger partial charge in [-0.3, -0.25) is 9.59 Å². The Labute approximate surface area is 200 Å². The van der Waals surface area contributed by atoms with E-state index in [4.69, 9.17) is 0 Å². The number of aryl methyl sites for hydroxylation is 1. The van der Waals surface area contributed by atoms with Crippen molar-refractivity contribution in [1.82, 2.24) is 0 Å². The maximum atomic E-state index is 12.9. The molecule has 0 saturated heterocycles. The molecule has 3 aromatic carbocycles. The van der Waals surface area contributed by atoms with Crippen molar-refractivity contribution in [2.45, 2.75) is 50.9 Å². The van der Waals surface area contributed by atoms with Crippen LogP contribution in [0.1, 0.15) is 75.4 Å². The Bertz CT molecular complexity index is 1150. The Morgan fingerprint density at radius 2 is 1.59 bits per heavy atom. The fraction of sp³-hybridized carbons (Fsp3) is 0.300. The lowest BCUT2D eigenvalue weighted by Gasteiger charge is -2.31. The molecule has 2 unspecified atom stereocenters. The van der Waals surface area contributed by atoms with Gasteiger partial charge in [0.05, 0.1) is 5.56 Å². The Balaban J connectivity index is 1.40. The number of hydrogen-bond donors (Lipinski definition) is 1. The van der Waals surface area contributed by atoms with E-state index in [1.165, 1.54) is 0 Å². The Morgan fingerprint density at radius 3 is 2.32 bits per heavy atom. The Morgan fingerprint density at radius 1 is 0.853 bits per heavy atom. The van der Waals surface area contributed by atoms with Crippen LogP contribution in [0.5, 0.6) is 0 Å². The van der Waals surface area contributed by atoms with Gasteiger partial charge < -0.3 is 5.11 Å². The van der Waals surface area contributed by atoms with E-state index in [-0.39, 0.29) is 23.4 Å². The number of carbonyl (C=O) groups excluding carboxylic acids is 2. The number of benzene rings is 3. The highest BCUT2D eigenvalue weighted by Crippen LogP contribution is 2.38. The average Bonchev–Trinajstić information content (AvgIpc) is 2.85. The van der Waals surface area contributed by atoms with Gasteiger partial charge in [0.2, 0.25) is 0 Å². The van der Waals surface area contributed by atoms with Gasteiger partial charge in [0.1, 0.15) is 5.78 Å².